The second-order valence-corrected chi connectivity index (χ2v) is 6.20. The Labute approximate surface area is 120 Å². The molecule has 1 heterocycles. The Morgan fingerprint density at radius 2 is 2.00 bits per heavy atom. The number of ether oxygens (including phenoxy) is 1. The Kier molecular flexibility index (Phi) is 3.67. The normalized spacial score (nSPS) is 11.3. The number of aromatic carboxylic acids is 1. The van der Waals surface area contributed by atoms with Crippen LogP contribution in [0.2, 0.25) is 0 Å². The van der Waals surface area contributed by atoms with Crippen molar-refractivity contribution in [3.05, 3.63) is 29.1 Å². The van der Waals surface area contributed by atoms with Gasteiger partial charge in [0.05, 0.1) is 5.56 Å². The van der Waals surface area contributed by atoms with Crippen molar-refractivity contribution in [2.45, 2.75) is 26.4 Å². The third-order valence-corrected chi connectivity index (χ3v) is 3.41. The second kappa shape index (κ2) is 5.13. The average Bonchev–Trinajstić information content (AvgIpc) is 2.69. The highest BCUT2D eigenvalue weighted by Crippen LogP contribution is 2.28. The quantitative estimate of drug-likeness (QED) is 0.879. The summed E-state index contributed by atoms with van der Waals surface area (Å²) in [5, 5.41) is 13.9. The van der Waals surface area contributed by atoms with Crippen LogP contribution in [0.15, 0.2) is 23.6 Å². The SMILES string of the molecule is CC(C)(C)OC(=O)Nc1ccc2scc(C(=O)O)c2c1. The summed E-state index contributed by atoms with van der Waals surface area (Å²) in [4.78, 5) is 22.8. The highest BCUT2D eigenvalue weighted by Gasteiger charge is 2.17. The molecule has 1 aromatic carbocycles. The van der Waals surface area contributed by atoms with Gasteiger partial charge in [-0.15, -0.1) is 11.3 Å². The molecule has 0 aliphatic carbocycles. The van der Waals surface area contributed by atoms with E-state index in [4.69, 9.17) is 9.84 Å². The molecule has 5 nitrogen and oxygen atoms in total. The highest BCUT2D eigenvalue weighted by atomic mass is 32.1. The molecular formula is C14H15NO4S. The Hall–Kier alpha value is -2.08. The molecule has 1 aromatic heterocycles. The van der Waals surface area contributed by atoms with Gasteiger partial charge in [-0.3, -0.25) is 5.32 Å². The van der Waals surface area contributed by atoms with E-state index in [0.717, 1.165) is 4.70 Å². The molecule has 6 heteroatoms. The van der Waals surface area contributed by atoms with Crippen molar-refractivity contribution < 1.29 is 19.4 Å². The molecule has 0 radical (unpaired) electrons. The van der Waals surface area contributed by atoms with Gasteiger partial charge in [0.25, 0.3) is 0 Å². The molecule has 0 aliphatic heterocycles. The van der Waals surface area contributed by atoms with E-state index in [1.807, 2.05) is 0 Å². The maximum absolute atomic E-state index is 11.7. The van der Waals surface area contributed by atoms with Crippen molar-refractivity contribution in [3.63, 3.8) is 0 Å². The molecule has 2 rings (SSSR count). The van der Waals surface area contributed by atoms with Crippen LogP contribution in [-0.2, 0) is 4.74 Å². The van der Waals surface area contributed by atoms with E-state index in [1.165, 1.54) is 11.3 Å². The topological polar surface area (TPSA) is 75.6 Å². The zero-order valence-electron chi connectivity index (χ0n) is 11.4. The number of rotatable bonds is 2. The lowest BCUT2D eigenvalue weighted by Gasteiger charge is -2.19. The molecule has 0 atom stereocenters. The molecule has 1 amide bonds. The van der Waals surface area contributed by atoms with Gasteiger partial charge in [-0.1, -0.05) is 0 Å². The first kappa shape index (κ1) is 14.3. The van der Waals surface area contributed by atoms with Crippen LogP contribution in [0.25, 0.3) is 10.1 Å². The minimum absolute atomic E-state index is 0.234. The van der Waals surface area contributed by atoms with E-state index in [2.05, 4.69) is 5.32 Å². The molecule has 20 heavy (non-hydrogen) atoms. The predicted octanol–water partition coefficient (Wildman–Crippen LogP) is 3.95. The second-order valence-electron chi connectivity index (χ2n) is 5.29. The number of fused-ring (bicyclic) bond motifs is 1. The van der Waals surface area contributed by atoms with Crippen LogP contribution < -0.4 is 5.32 Å². The van der Waals surface area contributed by atoms with Crippen molar-refractivity contribution in [1.82, 2.24) is 0 Å². The molecule has 0 saturated heterocycles. The molecule has 0 saturated carbocycles. The van der Waals surface area contributed by atoms with E-state index < -0.39 is 17.7 Å². The summed E-state index contributed by atoms with van der Waals surface area (Å²) >= 11 is 1.36. The van der Waals surface area contributed by atoms with Crippen LogP contribution >= 0.6 is 11.3 Å². The van der Waals surface area contributed by atoms with Crippen LogP contribution in [0, 0.1) is 0 Å². The minimum atomic E-state index is -0.981. The number of hydrogen-bond acceptors (Lipinski definition) is 4. The van der Waals surface area contributed by atoms with Crippen molar-refractivity contribution >= 4 is 39.2 Å². The van der Waals surface area contributed by atoms with Gasteiger partial charge in [-0.2, -0.15) is 0 Å². The fraction of sp³-hybridized carbons (Fsp3) is 0.286. The van der Waals surface area contributed by atoms with Crippen LogP contribution in [0.5, 0.6) is 0 Å². The number of carboxylic acid groups (broad SMARTS) is 1. The first-order chi connectivity index (χ1) is 9.26. The third-order valence-electron chi connectivity index (χ3n) is 2.45. The van der Waals surface area contributed by atoms with E-state index in [9.17, 15) is 9.59 Å². The molecule has 0 fully saturated rings. The molecule has 0 bridgehead atoms. The number of carbonyl (C=O) groups is 2. The fourth-order valence-corrected chi connectivity index (χ4v) is 2.61. The van der Waals surface area contributed by atoms with Crippen molar-refractivity contribution in [1.29, 1.82) is 0 Å². The lowest BCUT2D eigenvalue weighted by atomic mass is 10.1. The minimum Gasteiger partial charge on any atom is -0.478 e. The number of amides is 1. The summed E-state index contributed by atoms with van der Waals surface area (Å²) < 4.78 is 6.01. The third kappa shape index (κ3) is 3.27. The lowest BCUT2D eigenvalue weighted by molar-refractivity contribution is 0.0634. The van der Waals surface area contributed by atoms with Crippen molar-refractivity contribution in [2.75, 3.05) is 5.32 Å². The van der Waals surface area contributed by atoms with Crippen LogP contribution in [0.4, 0.5) is 10.5 Å². The number of nitrogens with one attached hydrogen (secondary N) is 1. The zero-order valence-corrected chi connectivity index (χ0v) is 12.2. The maximum atomic E-state index is 11.7. The van der Waals surface area contributed by atoms with Crippen LogP contribution in [0.3, 0.4) is 0 Å². The van der Waals surface area contributed by atoms with Gasteiger partial charge >= 0.3 is 12.1 Å². The van der Waals surface area contributed by atoms with E-state index in [1.54, 1.807) is 44.4 Å². The fourth-order valence-electron chi connectivity index (χ4n) is 1.69. The van der Waals surface area contributed by atoms with E-state index >= 15 is 0 Å². The monoisotopic (exact) mass is 293 g/mol. The summed E-state index contributed by atoms with van der Waals surface area (Å²) in [6.45, 7) is 5.32. The van der Waals surface area contributed by atoms with Gasteiger partial charge in [-0.05, 0) is 39.0 Å². The molecule has 2 aromatic rings. The standard InChI is InChI=1S/C14H15NO4S/c1-14(2,3)19-13(18)15-8-4-5-11-9(6-8)10(7-20-11)12(16)17/h4-7H,1-3H3,(H,15,18)(H,16,17). The van der Waals surface area contributed by atoms with Gasteiger partial charge in [0.2, 0.25) is 0 Å². The molecule has 2 N–H and O–H groups in total. The molecule has 0 spiro atoms. The first-order valence-corrected chi connectivity index (χ1v) is 6.89. The number of carbonyl (C=O) groups excluding carboxylic acids is 1. The summed E-state index contributed by atoms with van der Waals surface area (Å²) in [5.74, 6) is -0.981. The predicted molar refractivity (Wildman–Crippen MR) is 78.6 cm³/mol. The van der Waals surface area contributed by atoms with Crippen LogP contribution in [0.1, 0.15) is 31.1 Å². The maximum Gasteiger partial charge on any atom is 0.412 e. The Balaban J connectivity index is 2.25. The highest BCUT2D eigenvalue weighted by molar-refractivity contribution is 7.17. The van der Waals surface area contributed by atoms with Gasteiger partial charge in [-0.25, -0.2) is 9.59 Å². The Bertz CT molecular complexity index is 669. The molecule has 0 aliphatic rings. The molecular weight excluding hydrogens is 278 g/mol. The van der Waals surface area contributed by atoms with Crippen molar-refractivity contribution in [3.8, 4) is 0 Å². The largest absolute Gasteiger partial charge is 0.478 e. The number of thiophene rings is 1. The van der Waals surface area contributed by atoms with E-state index in [0.29, 0.717) is 11.1 Å². The smallest absolute Gasteiger partial charge is 0.412 e. The summed E-state index contributed by atoms with van der Waals surface area (Å²) in [6, 6.07) is 5.13. The zero-order chi connectivity index (χ0) is 14.9. The number of anilines is 1. The van der Waals surface area contributed by atoms with Gasteiger partial charge in [0.1, 0.15) is 5.60 Å². The Morgan fingerprint density at radius 1 is 1.30 bits per heavy atom. The first-order valence-electron chi connectivity index (χ1n) is 6.01. The van der Waals surface area contributed by atoms with Gasteiger partial charge < -0.3 is 9.84 Å². The van der Waals surface area contributed by atoms with Gasteiger partial charge in [0.15, 0.2) is 0 Å². The lowest BCUT2D eigenvalue weighted by Crippen LogP contribution is -2.27. The van der Waals surface area contributed by atoms with Crippen LogP contribution in [-0.4, -0.2) is 22.8 Å². The number of carboxylic acids is 1. The molecule has 106 valence electrons. The molecule has 0 unspecified atom stereocenters. The van der Waals surface area contributed by atoms with E-state index in [-0.39, 0.29) is 5.56 Å². The number of hydrogen-bond donors (Lipinski definition) is 2. The van der Waals surface area contributed by atoms with Gasteiger partial charge in [0, 0.05) is 21.2 Å². The summed E-state index contributed by atoms with van der Waals surface area (Å²) in [6.07, 6.45) is -0.566. The average molecular weight is 293 g/mol. The Morgan fingerprint density at radius 3 is 2.60 bits per heavy atom. The number of benzene rings is 1. The summed E-state index contributed by atoms with van der Waals surface area (Å²) in [7, 11) is 0. The van der Waals surface area contributed by atoms with Crippen molar-refractivity contribution in [2.24, 2.45) is 0 Å². The summed E-state index contributed by atoms with van der Waals surface area (Å²) in [5.41, 5.74) is 0.161.